The van der Waals surface area contributed by atoms with Crippen LogP contribution >= 0.6 is 0 Å². The molecule has 0 bridgehead atoms. The van der Waals surface area contributed by atoms with E-state index in [2.05, 4.69) is 5.32 Å². The van der Waals surface area contributed by atoms with E-state index in [0.29, 0.717) is 32.1 Å². The third-order valence-electron chi connectivity index (χ3n) is 2.79. The number of ether oxygens (including phenoxy) is 1. The molecule has 0 spiro atoms. The van der Waals surface area contributed by atoms with Crippen LogP contribution in [0.2, 0.25) is 0 Å². The van der Waals surface area contributed by atoms with Gasteiger partial charge in [0, 0.05) is 31.4 Å². The Kier molecular flexibility index (Phi) is 3.71. The second-order valence-corrected chi connectivity index (χ2v) is 4.07. The van der Waals surface area contributed by atoms with Gasteiger partial charge in [-0.25, -0.2) is 4.39 Å². The van der Waals surface area contributed by atoms with E-state index in [9.17, 15) is 18.9 Å². The van der Waals surface area contributed by atoms with Crippen LogP contribution in [-0.2, 0) is 4.74 Å². The fraction of sp³-hybridized carbons (Fsp3) is 0.455. The minimum atomic E-state index is -1.17. The van der Waals surface area contributed by atoms with Crippen molar-refractivity contribution in [3.63, 3.8) is 0 Å². The van der Waals surface area contributed by atoms with Gasteiger partial charge in [0.25, 0.3) is 0 Å². The lowest BCUT2D eigenvalue weighted by Crippen LogP contribution is -2.28. The van der Waals surface area contributed by atoms with Crippen molar-refractivity contribution in [2.75, 3.05) is 18.5 Å². The minimum absolute atomic E-state index is 0.0707. The maximum absolute atomic E-state index is 13.4. The molecule has 1 aliphatic rings. The summed E-state index contributed by atoms with van der Waals surface area (Å²) in [5.41, 5.74) is -0.840. The molecule has 0 unspecified atom stereocenters. The molecule has 1 aromatic rings. The van der Waals surface area contributed by atoms with Crippen molar-refractivity contribution in [3.8, 4) is 0 Å². The number of anilines is 1. The van der Waals surface area contributed by atoms with E-state index in [-0.39, 0.29) is 11.7 Å². The van der Waals surface area contributed by atoms with Crippen LogP contribution in [0.4, 0.5) is 20.2 Å². The van der Waals surface area contributed by atoms with Gasteiger partial charge in [0.05, 0.1) is 4.92 Å². The number of halogens is 2. The lowest BCUT2D eigenvalue weighted by Gasteiger charge is -2.24. The molecular weight excluding hydrogens is 246 g/mol. The van der Waals surface area contributed by atoms with Gasteiger partial charge in [0.2, 0.25) is 5.82 Å². The number of nitrogens with one attached hydrogen (secondary N) is 1. The van der Waals surface area contributed by atoms with Crippen LogP contribution < -0.4 is 5.32 Å². The van der Waals surface area contributed by atoms with Gasteiger partial charge in [0.1, 0.15) is 11.5 Å². The molecule has 1 heterocycles. The summed E-state index contributed by atoms with van der Waals surface area (Å²) >= 11 is 0. The molecule has 1 N–H and O–H groups in total. The summed E-state index contributed by atoms with van der Waals surface area (Å²) < 4.78 is 31.6. The summed E-state index contributed by atoms with van der Waals surface area (Å²) in [6.07, 6.45) is 1.30. The number of nitro benzene ring substituents is 1. The fourth-order valence-electron chi connectivity index (χ4n) is 1.92. The highest BCUT2D eigenvalue weighted by Crippen LogP contribution is 2.30. The Balaban J connectivity index is 2.27. The first-order chi connectivity index (χ1) is 8.58. The van der Waals surface area contributed by atoms with Gasteiger partial charge in [-0.3, -0.25) is 10.1 Å². The average molecular weight is 258 g/mol. The van der Waals surface area contributed by atoms with Gasteiger partial charge in [-0.05, 0) is 12.8 Å². The van der Waals surface area contributed by atoms with E-state index in [1.54, 1.807) is 0 Å². The zero-order chi connectivity index (χ0) is 13.1. The number of benzene rings is 1. The Hall–Kier alpha value is -1.76. The summed E-state index contributed by atoms with van der Waals surface area (Å²) in [5, 5.41) is 13.6. The molecule has 0 aliphatic carbocycles. The van der Waals surface area contributed by atoms with Crippen molar-refractivity contribution in [2.45, 2.75) is 18.9 Å². The fourth-order valence-corrected chi connectivity index (χ4v) is 1.92. The molecule has 0 amide bonds. The minimum Gasteiger partial charge on any atom is -0.381 e. The number of rotatable bonds is 3. The van der Waals surface area contributed by atoms with Crippen molar-refractivity contribution >= 4 is 11.4 Å². The molecule has 0 aromatic heterocycles. The lowest BCUT2D eigenvalue weighted by molar-refractivity contribution is -0.386. The number of nitrogens with zero attached hydrogens (tertiary/aromatic N) is 1. The van der Waals surface area contributed by atoms with Crippen molar-refractivity contribution in [1.82, 2.24) is 0 Å². The number of hydrogen-bond donors (Lipinski definition) is 1. The smallest absolute Gasteiger partial charge is 0.327 e. The molecule has 98 valence electrons. The van der Waals surface area contributed by atoms with Crippen molar-refractivity contribution in [3.05, 3.63) is 33.9 Å². The first-order valence-electron chi connectivity index (χ1n) is 5.55. The second kappa shape index (κ2) is 5.26. The number of hydrogen-bond acceptors (Lipinski definition) is 4. The van der Waals surface area contributed by atoms with Gasteiger partial charge in [-0.15, -0.1) is 0 Å². The summed E-state index contributed by atoms with van der Waals surface area (Å²) in [4.78, 5) is 9.92. The Bertz CT molecular complexity index is 462. The zero-order valence-corrected chi connectivity index (χ0v) is 9.49. The van der Waals surface area contributed by atoms with Crippen LogP contribution in [0.1, 0.15) is 12.8 Å². The predicted molar refractivity (Wildman–Crippen MR) is 60.5 cm³/mol. The average Bonchev–Trinajstić information content (AvgIpc) is 2.28. The van der Waals surface area contributed by atoms with Crippen LogP contribution in [0.25, 0.3) is 0 Å². The first kappa shape index (κ1) is 12.7. The van der Waals surface area contributed by atoms with Crippen LogP contribution in [0.3, 0.4) is 0 Å². The van der Waals surface area contributed by atoms with Crippen LogP contribution in [-0.4, -0.2) is 24.2 Å². The second-order valence-electron chi connectivity index (χ2n) is 4.07. The van der Waals surface area contributed by atoms with E-state index in [1.165, 1.54) is 0 Å². The maximum atomic E-state index is 13.4. The summed E-state index contributed by atoms with van der Waals surface area (Å²) in [6, 6.07) is 1.38. The van der Waals surface area contributed by atoms with Crippen LogP contribution in [0.5, 0.6) is 0 Å². The van der Waals surface area contributed by atoms with Crippen LogP contribution in [0, 0.1) is 21.7 Å². The van der Waals surface area contributed by atoms with E-state index >= 15 is 0 Å². The predicted octanol–water partition coefficient (Wildman–Crippen LogP) is 2.46. The Labute approximate surface area is 102 Å². The summed E-state index contributed by atoms with van der Waals surface area (Å²) in [7, 11) is 0. The maximum Gasteiger partial charge on any atom is 0.327 e. The van der Waals surface area contributed by atoms with Gasteiger partial charge >= 0.3 is 5.69 Å². The molecule has 2 rings (SSSR count). The Morgan fingerprint density at radius 3 is 2.61 bits per heavy atom. The standard InChI is InChI=1S/C11H12F2N2O3/c12-7-5-9(13)11(15(16)17)10(6-7)14-8-1-3-18-4-2-8/h5-6,8,14H,1-4H2. The SMILES string of the molecule is O=[N+]([O-])c1c(F)cc(F)cc1NC1CCOCC1. The largest absolute Gasteiger partial charge is 0.381 e. The molecule has 0 saturated carbocycles. The van der Waals surface area contributed by atoms with Crippen molar-refractivity contribution in [2.24, 2.45) is 0 Å². The molecule has 0 atom stereocenters. The van der Waals surface area contributed by atoms with Gasteiger partial charge < -0.3 is 10.1 Å². The van der Waals surface area contributed by atoms with Gasteiger partial charge in [-0.2, -0.15) is 4.39 Å². The van der Waals surface area contributed by atoms with Gasteiger partial charge in [0.15, 0.2) is 0 Å². The highest BCUT2D eigenvalue weighted by Gasteiger charge is 2.24. The Morgan fingerprint density at radius 2 is 2.00 bits per heavy atom. The zero-order valence-electron chi connectivity index (χ0n) is 9.49. The first-order valence-corrected chi connectivity index (χ1v) is 5.55. The Morgan fingerprint density at radius 1 is 1.33 bits per heavy atom. The van der Waals surface area contributed by atoms with E-state index in [4.69, 9.17) is 4.74 Å². The quantitative estimate of drug-likeness (QED) is 0.668. The molecule has 1 saturated heterocycles. The van der Waals surface area contributed by atoms with Crippen LogP contribution in [0.15, 0.2) is 12.1 Å². The molecule has 0 radical (unpaired) electrons. The highest BCUT2D eigenvalue weighted by atomic mass is 19.1. The van der Waals surface area contributed by atoms with Crippen molar-refractivity contribution < 1.29 is 18.4 Å². The molecule has 7 heteroatoms. The van der Waals surface area contributed by atoms with E-state index in [0.717, 1.165) is 6.07 Å². The third-order valence-corrected chi connectivity index (χ3v) is 2.79. The highest BCUT2D eigenvalue weighted by molar-refractivity contribution is 5.62. The third kappa shape index (κ3) is 2.73. The molecular formula is C11H12F2N2O3. The molecule has 18 heavy (non-hydrogen) atoms. The topological polar surface area (TPSA) is 64.4 Å². The lowest BCUT2D eigenvalue weighted by atomic mass is 10.1. The van der Waals surface area contributed by atoms with E-state index < -0.39 is 22.2 Å². The molecule has 5 nitrogen and oxygen atoms in total. The summed E-state index contributed by atoms with van der Waals surface area (Å²) in [5.74, 6) is -2.01. The molecule has 1 fully saturated rings. The monoisotopic (exact) mass is 258 g/mol. The van der Waals surface area contributed by atoms with Crippen molar-refractivity contribution in [1.29, 1.82) is 0 Å². The van der Waals surface area contributed by atoms with E-state index in [1.807, 2.05) is 0 Å². The van der Waals surface area contributed by atoms with Gasteiger partial charge in [-0.1, -0.05) is 0 Å². The summed E-state index contributed by atoms with van der Waals surface area (Å²) in [6.45, 7) is 1.06. The normalized spacial score (nSPS) is 16.6. The molecule has 1 aromatic carbocycles. The number of nitro groups is 1. The molecule has 1 aliphatic heterocycles.